The van der Waals surface area contributed by atoms with Gasteiger partial charge in [0.2, 0.25) is 0 Å². The molecule has 0 unspecified atom stereocenters. The van der Waals surface area contributed by atoms with Gasteiger partial charge in [0.15, 0.2) is 17.5 Å². The van der Waals surface area contributed by atoms with E-state index in [2.05, 4.69) is 0 Å². The average molecular weight is 374 g/mol. The summed E-state index contributed by atoms with van der Waals surface area (Å²) in [7, 11) is 0. The van der Waals surface area contributed by atoms with Gasteiger partial charge in [-0.3, -0.25) is 4.79 Å². The van der Waals surface area contributed by atoms with Crippen LogP contribution >= 0.6 is 0 Å². The molecule has 0 aliphatic carbocycles. The first-order chi connectivity index (χ1) is 13.5. The number of carbonyl (C=O) groups excluding carboxylic acids is 2. The van der Waals surface area contributed by atoms with Gasteiger partial charge in [-0.25, -0.2) is 4.79 Å². The Kier molecular flexibility index (Phi) is 6.02. The molecular formula is C24H22O4. The van der Waals surface area contributed by atoms with Crippen LogP contribution in [-0.2, 0) is 9.53 Å². The first-order valence-corrected chi connectivity index (χ1v) is 9.09. The minimum Gasteiger partial charge on any atom is -0.450 e. The third-order valence-electron chi connectivity index (χ3n) is 4.47. The van der Waals surface area contributed by atoms with Gasteiger partial charge in [-0.1, -0.05) is 91.0 Å². The number of ketones is 1. The Balaban J connectivity index is 1.80. The van der Waals surface area contributed by atoms with Crippen LogP contribution in [0.1, 0.15) is 40.9 Å². The quantitative estimate of drug-likeness (QED) is 0.493. The monoisotopic (exact) mass is 374 g/mol. The fourth-order valence-corrected chi connectivity index (χ4v) is 2.93. The van der Waals surface area contributed by atoms with Crippen molar-refractivity contribution in [2.45, 2.75) is 25.0 Å². The maximum Gasteiger partial charge on any atom is 0.339 e. The van der Waals surface area contributed by atoms with Gasteiger partial charge in [-0.2, -0.15) is 0 Å². The van der Waals surface area contributed by atoms with Crippen molar-refractivity contribution in [2.24, 2.45) is 0 Å². The SMILES string of the molecule is C[C@@](O)(CC(=O)c1ccccc1)C(=O)OC(c1ccccc1)c1ccccc1. The van der Waals surface area contributed by atoms with Crippen LogP contribution in [0.15, 0.2) is 91.0 Å². The molecule has 0 aromatic heterocycles. The van der Waals surface area contributed by atoms with E-state index in [4.69, 9.17) is 4.74 Å². The highest BCUT2D eigenvalue weighted by Crippen LogP contribution is 2.28. The minimum absolute atomic E-state index is 0.321. The summed E-state index contributed by atoms with van der Waals surface area (Å²) < 4.78 is 5.68. The smallest absolute Gasteiger partial charge is 0.339 e. The molecular weight excluding hydrogens is 352 g/mol. The van der Waals surface area contributed by atoms with E-state index in [1.165, 1.54) is 6.92 Å². The van der Waals surface area contributed by atoms with Gasteiger partial charge in [0, 0.05) is 5.56 Å². The van der Waals surface area contributed by atoms with Crippen molar-refractivity contribution in [1.29, 1.82) is 0 Å². The topological polar surface area (TPSA) is 63.6 Å². The van der Waals surface area contributed by atoms with E-state index in [1.54, 1.807) is 30.3 Å². The Bertz CT molecular complexity index is 879. The summed E-state index contributed by atoms with van der Waals surface area (Å²) in [4.78, 5) is 25.2. The molecule has 0 radical (unpaired) electrons. The molecule has 1 atom stereocenters. The van der Waals surface area contributed by atoms with E-state index in [1.807, 2.05) is 60.7 Å². The van der Waals surface area contributed by atoms with Gasteiger partial charge in [0.1, 0.15) is 0 Å². The highest BCUT2D eigenvalue weighted by Gasteiger charge is 2.37. The highest BCUT2D eigenvalue weighted by atomic mass is 16.6. The Morgan fingerprint density at radius 3 is 1.71 bits per heavy atom. The fraction of sp³-hybridized carbons (Fsp3) is 0.167. The Morgan fingerprint density at radius 1 is 0.821 bits per heavy atom. The summed E-state index contributed by atoms with van der Waals surface area (Å²) >= 11 is 0. The van der Waals surface area contributed by atoms with Gasteiger partial charge >= 0.3 is 5.97 Å². The summed E-state index contributed by atoms with van der Waals surface area (Å²) in [6.45, 7) is 1.31. The van der Waals surface area contributed by atoms with Crippen molar-refractivity contribution in [3.8, 4) is 0 Å². The number of rotatable bonds is 7. The Morgan fingerprint density at radius 2 is 1.25 bits per heavy atom. The molecule has 0 heterocycles. The molecule has 0 aliphatic rings. The van der Waals surface area contributed by atoms with Crippen molar-refractivity contribution in [3.63, 3.8) is 0 Å². The van der Waals surface area contributed by atoms with Crippen molar-refractivity contribution in [1.82, 2.24) is 0 Å². The fourth-order valence-electron chi connectivity index (χ4n) is 2.93. The molecule has 3 aromatic rings. The summed E-state index contributed by atoms with van der Waals surface area (Å²) in [5.74, 6) is -1.16. The molecule has 0 aliphatic heterocycles. The zero-order valence-corrected chi connectivity index (χ0v) is 15.6. The number of carbonyl (C=O) groups is 2. The molecule has 4 nitrogen and oxygen atoms in total. The molecule has 1 N–H and O–H groups in total. The van der Waals surface area contributed by atoms with E-state index in [0.29, 0.717) is 5.56 Å². The number of Topliss-reactive ketones (excluding diaryl/α,β-unsaturated/α-hetero) is 1. The van der Waals surface area contributed by atoms with Crippen LogP contribution in [0, 0.1) is 0 Å². The van der Waals surface area contributed by atoms with Crippen LogP contribution < -0.4 is 0 Å². The van der Waals surface area contributed by atoms with Crippen molar-refractivity contribution < 1.29 is 19.4 Å². The van der Waals surface area contributed by atoms with E-state index < -0.39 is 17.7 Å². The second-order valence-corrected chi connectivity index (χ2v) is 6.85. The zero-order chi connectivity index (χ0) is 20.0. The third-order valence-corrected chi connectivity index (χ3v) is 4.47. The number of hydrogen-bond donors (Lipinski definition) is 1. The maximum absolute atomic E-state index is 12.8. The lowest BCUT2D eigenvalue weighted by Gasteiger charge is -2.25. The van der Waals surface area contributed by atoms with Gasteiger partial charge in [0.05, 0.1) is 6.42 Å². The molecule has 3 aromatic carbocycles. The molecule has 0 spiro atoms. The first kappa shape index (κ1) is 19.5. The van der Waals surface area contributed by atoms with Gasteiger partial charge in [-0.05, 0) is 18.1 Å². The molecule has 4 heteroatoms. The van der Waals surface area contributed by atoms with E-state index >= 15 is 0 Å². The molecule has 0 saturated carbocycles. The lowest BCUT2D eigenvalue weighted by molar-refractivity contribution is -0.167. The van der Waals surface area contributed by atoms with E-state index in [9.17, 15) is 14.7 Å². The van der Waals surface area contributed by atoms with Gasteiger partial charge in [-0.15, -0.1) is 0 Å². The van der Waals surface area contributed by atoms with Crippen molar-refractivity contribution in [3.05, 3.63) is 108 Å². The predicted molar refractivity (Wildman–Crippen MR) is 107 cm³/mol. The number of aliphatic hydroxyl groups is 1. The van der Waals surface area contributed by atoms with Crippen LogP contribution in [0.2, 0.25) is 0 Å². The predicted octanol–water partition coefficient (Wildman–Crippen LogP) is 4.34. The van der Waals surface area contributed by atoms with E-state index in [0.717, 1.165) is 11.1 Å². The zero-order valence-electron chi connectivity index (χ0n) is 15.6. The summed E-state index contributed by atoms with van der Waals surface area (Å²) in [6, 6.07) is 27.2. The summed E-state index contributed by atoms with van der Waals surface area (Å²) in [6.07, 6.45) is -1.03. The first-order valence-electron chi connectivity index (χ1n) is 9.09. The number of hydrogen-bond acceptors (Lipinski definition) is 4. The van der Waals surface area contributed by atoms with Crippen LogP contribution in [0.3, 0.4) is 0 Å². The number of benzene rings is 3. The van der Waals surface area contributed by atoms with E-state index in [-0.39, 0.29) is 12.2 Å². The van der Waals surface area contributed by atoms with Crippen LogP contribution in [0.4, 0.5) is 0 Å². The minimum atomic E-state index is -1.94. The standard InChI is InChI=1S/C24H22O4/c1-24(27,17-21(25)18-11-5-2-6-12-18)23(26)28-22(19-13-7-3-8-14-19)20-15-9-4-10-16-20/h2-16,22,27H,17H2,1H3/t24-/m1/s1. The largest absolute Gasteiger partial charge is 0.450 e. The molecule has 28 heavy (non-hydrogen) atoms. The average Bonchev–Trinajstić information content (AvgIpc) is 2.73. The lowest BCUT2D eigenvalue weighted by atomic mass is 9.95. The van der Waals surface area contributed by atoms with Crippen molar-refractivity contribution in [2.75, 3.05) is 0 Å². The molecule has 3 rings (SSSR count). The van der Waals surface area contributed by atoms with Gasteiger partial charge in [0.25, 0.3) is 0 Å². The molecule has 0 bridgehead atoms. The normalized spacial score (nSPS) is 13.0. The van der Waals surface area contributed by atoms with Crippen molar-refractivity contribution >= 4 is 11.8 Å². The Labute approximate surface area is 164 Å². The molecule has 142 valence electrons. The second-order valence-electron chi connectivity index (χ2n) is 6.85. The summed E-state index contributed by atoms with van der Waals surface area (Å²) in [5, 5.41) is 10.7. The lowest BCUT2D eigenvalue weighted by Crippen LogP contribution is -2.39. The number of esters is 1. The Hall–Kier alpha value is -3.24. The number of ether oxygens (including phenoxy) is 1. The van der Waals surface area contributed by atoms with Crippen LogP contribution in [-0.4, -0.2) is 22.5 Å². The van der Waals surface area contributed by atoms with Crippen LogP contribution in [0.5, 0.6) is 0 Å². The highest BCUT2D eigenvalue weighted by molar-refractivity contribution is 5.99. The second kappa shape index (κ2) is 8.63. The van der Waals surface area contributed by atoms with Gasteiger partial charge < -0.3 is 9.84 Å². The summed E-state index contributed by atoms with van der Waals surface area (Å²) in [5.41, 5.74) is 0.0760. The maximum atomic E-state index is 12.8. The molecule has 0 amide bonds. The molecule has 0 saturated heterocycles. The molecule has 0 fully saturated rings. The van der Waals surface area contributed by atoms with Crippen LogP contribution in [0.25, 0.3) is 0 Å². The third kappa shape index (κ3) is 4.72.